The molecule has 1 fully saturated rings. The van der Waals surface area contributed by atoms with Gasteiger partial charge in [0.15, 0.2) is 0 Å². The molecule has 0 spiro atoms. The second-order valence-corrected chi connectivity index (χ2v) is 6.69. The molecule has 1 aliphatic heterocycles. The number of hydrogen-bond acceptors (Lipinski definition) is 5. The molecule has 1 aromatic carbocycles. The van der Waals surface area contributed by atoms with Gasteiger partial charge in [-0.2, -0.15) is 0 Å². The van der Waals surface area contributed by atoms with E-state index in [0.717, 1.165) is 42.8 Å². The number of esters is 1. The molecule has 1 unspecified atom stereocenters. The second kappa shape index (κ2) is 7.85. The molecule has 134 valence electrons. The van der Waals surface area contributed by atoms with Crippen molar-refractivity contribution in [2.75, 3.05) is 20.2 Å². The minimum Gasteiger partial charge on any atom is -0.463 e. The Bertz CT molecular complexity index is 702. The number of methoxy groups -OCH3 is 1. The summed E-state index contributed by atoms with van der Waals surface area (Å²) in [6.45, 7) is 4.33. The number of furan rings is 1. The van der Waals surface area contributed by atoms with Crippen molar-refractivity contribution in [1.82, 2.24) is 4.90 Å². The molecular weight excluding hydrogens is 318 g/mol. The summed E-state index contributed by atoms with van der Waals surface area (Å²) in [7, 11) is 1.35. The number of benzene rings is 1. The van der Waals surface area contributed by atoms with Gasteiger partial charge in [-0.05, 0) is 50.4 Å². The van der Waals surface area contributed by atoms with Gasteiger partial charge in [-0.1, -0.05) is 30.3 Å². The van der Waals surface area contributed by atoms with Gasteiger partial charge in [-0.25, -0.2) is 4.79 Å². The zero-order chi connectivity index (χ0) is 17.8. The molecule has 0 amide bonds. The maximum absolute atomic E-state index is 11.6. The molecule has 5 nitrogen and oxygen atoms in total. The fourth-order valence-corrected chi connectivity index (χ4v) is 3.49. The third-order valence-electron chi connectivity index (χ3n) is 4.94. The van der Waals surface area contributed by atoms with Crippen LogP contribution in [0.3, 0.4) is 0 Å². The van der Waals surface area contributed by atoms with Crippen LogP contribution in [-0.4, -0.2) is 36.2 Å². The SMILES string of the molecule is COC(=O)c1oc(CN2CCC(C(O)c3ccccc3)CC2)cc1C. The Labute approximate surface area is 148 Å². The molecule has 1 aromatic heterocycles. The summed E-state index contributed by atoms with van der Waals surface area (Å²) in [5.41, 5.74) is 1.79. The quantitative estimate of drug-likeness (QED) is 0.844. The summed E-state index contributed by atoms with van der Waals surface area (Å²) in [5.74, 6) is 0.905. The van der Waals surface area contributed by atoms with Gasteiger partial charge in [0, 0.05) is 5.56 Å². The molecule has 5 heteroatoms. The lowest BCUT2D eigenvalue weighted by Gasteiger charge is -2.33. The van der Waals surface area contributed by atoms with Crippen LogP contribution in [0.5, 0.6) is 0 Å². The highest BCUT2D eigenvalue weighted by Crippen LogP contribution is 2.31. The minimum absolute atomic E-state index is 0.280. The van der Waals surface area contributed by atoms with Crippen LogP contribution in [0, 0.1) is 12.8 Å². The topological polar surface area (TPSA) is 62.9 Å². The second-order valence-electron chi connectivity index (χ2n) is 6.69. The van der Waals surface area contributed by atoms with Crippen molar-refractivity contribution < 1.29 is 19.1 Å². The van der Waals surface area contributed by atoms with Crippen LogP contribution < -0.4 is 0 Å². The van der Waals surface area contributed by atoms with Crippen LogP contribution in [0.2, 0.25) is 0 Å². The van der Waals surface area contributed by atoms with Crippen molar-refractivity contribution in [3.63, 3.8) is 0 Å². The maximum Gasteiger partial charge on any atom is 0.374 e. The number of aliphatic hydroxyl groups excluding tert-OH is 1. The lowest BCUT2D eigenvalue weighted by molar-refractivity contribution is 0.0520. The van der Waals surface area contributed by atoms with Crippen molar-refractivity contribution in [2.45, 2.75) is 32.4 Å². The molecular formula is C20H25NO4. The van der Waals surface area contributed by atoms with E-state index in [1.807, 2.05) is 43.3 Å². The van der Waals surface area contributed by atoms with Gasteiger partial charge in [-0.3, -0.25) is 4.90 Å². The van der Waals surface area contributed by atoms with Crippen LogP contribution in [0.15, 0.2) is 40.8 Å². The van der Waals surface area contributed by atoms with Crippen molar-refractivity contribution >= 4 is 5.97 Å². The van der Waals surface area contributed by atoms with Crippen molar-refractivity contribution in [2.24, 2.45) is 5.92 Å². The Balaban J connectivity index is 1.55. The number of carbonyl (C=O) groups excluding carboxylic acids is 1. The molecule has 2 heterocycles. The van der Waals surface area contributed by atoms with E-state index in [2.05, 4.69) is 4.90 Å². The summed E-state index contributed by atoms with van der Waals surface area (Å²) >= 11 is 0. The number of aryl methyl sites for hydroxylation is 1. The monoisotopic (exact) mass is 343 g/mol. The first-order valence-electron chi connectivity index (χ1n) is 8.71. The summed E-state index contributed by atoms with van der Waals surface area (Å²) in [6, 6.07) is 11.8. The fraction of sp³-hybridized carbons (Fsp3) is 0.450. The standard InChI is InChI=1S/C20H25NO4/c1-14-12-17(25-19(14)20(23)24-2)13-21-10-8-16(9-11-21)18(22)15-6-4-3-5-7-15/h3-7,12,16,18,22H,8-11,13H2,1-2H3. The Kier molecular flexibility index (Phi) is 5.56. The molecule has 0 saturated carbocycles. The van der Waals surface area contributed by atoms with Gasteiger partial charge in [0.1, 0.15) is 5.76 Å². The van der Waals surface area contributed by atoms with E-state index >= 15 is 0 Å². The summed E-state index contributed by atoms with van der Waals surface area (Å²) in [4.78, 5) is 13.9. The first-order chi connectivity index (χ1) is 12.1. The predicted octanol–water partition coefficient (Wildman–Crippen LogP) is 3.32. The molecule has 25 heavy (non-hydrogen) atoms. The highest BCUT2D eigenvalue weighted by atomic mass is 16.5. The van der Waals surface area contributed by atoms with E-state index in [1.165, 1.54) is 7.11 Å². The van der Waals surface area contributed by atoms with Crippen LogP contribution in [-0.2, 0) is 11.3 Å². The Morgan fingerprint density at radius 3 is 2.64 bits per heavy atom. The molecule has 0 radical (unpaired) electrons. The number of likely N-dealkylation sites (tertiary alicyclic amines) is 1. The van der Waals surface area contributed by atoms with E-state index in [1.54, 1.807) is 0 Å². The number of aliphatic hydroxyl groups is 1. The van der Waals surface area contributed by atoms with Crippen molar-refractivity contribution in [1.29, 1.82) is 0 Å². The van der Waals surface area contributed by atoms with Crippen LogP contribution in [0.1, 0.15) is 46.4 Å². The fourth-order valence-electron chi connectivity index (χ4n) is 3.49. The number of ether oxygens (including phenoxy) is 1. The number of hydrogen-bond donors (Lipinski definition) is 1. The molecule has 3 rings (SSSR count). The van der Waals surface area contributed by atoms with E-state index < -0.39 is 12.1 Å². The van der Waals surface area contributed by atoms with Gasteiger partial charge >= 0.3 is 5.97 Å². The molecule has 0 aliphatic carbocycles. The predicted molar refractivity (Wildman–Crippen MR) is 94.2 cm³/mol. The molecule has 1 N–H and O–H groups in total. The first kappa shape index (κ1) is 17.7. The zero-order valence-corrected chi connectivity index (χ0v) is 14.8. The Hall–Kier alpha value is -2.11. The van der Waals surface area contributed by atoms with Gasteiger partial charge in [0.2, 0.25) is 5.76 Å². The Morgan fingerprint density at radius 2 is 2.00 bits per heavy atom. The molecule has 1 aliphatic rings. The highest BCUT2D eigenvalue weighted by molar-refractivity contribution is 5.87. The minimum atomic E-state index is -0.437. The van der Waals surface area contributed by atoms with Gasteiger partial charge in [0.25, 0.3) is 0 Å². The lowest BCUT2D eigenvalue weighted by Crippen LogP contribution is -2.35. The number of piperidine rings is 1. The van der Waals surface area contributed by atoms with E-state index in [0.29, 0.717) is 6.54 Å². The lowest BCUT2D eigenvalue weighted by atomic mass is 9.87. The average Bonchev–Trinajstić information content (AvgIpc) is 3.02. The van der Waals surface area contributed by atoms with Crippen LogP contribution in [0.4, 0.5) is 0 Å². The molecule has 2 aromatic rings. The molecule has 1 atom stereocenters. The maximum atomic E-state index is 11.6. The third-order valence-corrected chi connectivity index (χ3v) is 4.94. The van der Waals surface area contributed by atoms with Crippen LogP contribution >= 0.6 is 0 Å². The molecule has 1 saturated heterocycles. The smallest absolute Gasteiger partial charge is 0.374 e. The number of carbonyl (C=O) groups is 1. The van der Waals surface area contributed by atoms with Crippen molar-refractivity contribution in [3.05, 3.63) is 59.0 Å². The zero-order valence-electron chi connectivity index (χ0n) is 14.8. The van der Waals surface area contributed by atoms with E-state index in [9.17, 15) is 9.90 Å². The van der Waals surface area contributed by atoms with Gasteiger partial charge in [-0.15, -0.1) is 0 Å². The normalized spacial score (nSPS) is 17.4. The van der Waals surface area contributed by atoms with E-state index in [-0.39, 0.29) is 11.7 Å². The number of nitrogens with zero attached hydrogens (tertiary/aromatic N) is 1. The van der Waals surface area contributed by atoms with E-state index in [4.69, 9.17) is 9.15 Å². The largest absolute Gasteiger partial charge is 0.463 e. The average molecular weight is 343 g/mol. The van der Waals surface area contributed by atoms with Crippen molar-refractivity contribution in [3.8, 4) is 0 Å². The van der Waals surface area contributed by atoms with Gasteiger partial charge < -0.3 is 14.3 Å². The summed E-state index contributed by atoms with van der Waals surface area (Å²) in [5, 5.41) is 10.6. The molecule has 0 bridgehead atoms. The summed E-state index contributed by atoms with van der Waals surface area (Å²) < 4.78 is 10.4. The summed E-state index contributed by atoms with van der Waals surface area (Å²) in [6.07, 6.45) is 1.49. The van der Waals surface area contributed by atoms with Gasteiger partial charge in [0.05, 0.1) is 19.8 Å². The first-order valence-corrected chi connectivity index (χ1v) is 8.71. The number of rotatable bonds is 5. The van der Waals surface area contributed by atoms with Crippen LogP contribution in [0.25, 0.3) is 0 Å². The Morgan fingerprint density at radius 1 is 1.32 bits per heavy atom. The highest BCUT2D eigenvalue weighted by Gasteiger charge is 2.27. The third kappa shape index (κ3) is 4.11.